The lowest BCUT2D eigenvalue weighted by atomic mass is 10.3. The maximum atomic E-state index is 2.18. The fraction of sp³-hybridized carbons (Fsp3) is 1.00. The summed E-state index contributed by atoms with van der Waals surface area (Å²) in [5.74, 6) is 0.833. The second-order valence-corrected chi connectivity index (χ2v) is 3.44. The molecular weight excluding hydrogens is 318 g/mol. The van der Waals surface area contributed by atoms with Crippen molar-refractivity contribution < 1.29 is 10.2 Å². The van der Waals surface area contributed by atoms with Gasteiger partial charge in [-0.3, -0.25) is 4.70 Å². The van der Waals surface area contributed by atoms with Crippen molar-refractivity contribution in [1.29, 1.82) is 0 Å². The molecule has 110 valence electrons. The van der Waals surface area contributed by atoms with E-state index in [9.17, 15) is 0 Å². The summed E-state index contributed by atoms with van der Waals surface area (Å²) >= 11 is 0. The molecule has 0 unspecified atom stereocenters. The zero-order valence-electron chi connectivity index (χ0n) is 13.0. The minimum atomic E-state index is 0. The van der Waals surface area contributed by atoms with Crippen molar-refractivity contribution >= 4 is 24.0 Å². The van der Waals surface area contributed by atoms with Gasteiger partial charge in [0.15, 0.2) is 0 Å². The summed E-state index contributed by atoms with van der Waals surface area (Å²) in [5.41, 5.74) is 0. The highest BCUT2D eigenvalue weighted by Gasteiger charge is 1.68. The van der Waals surface area contributed by atoms with E-state index in [1.165, 1.54) is 19.3 Å². The van der Waals surface area contributed by atoms with Crippen molar-refractivity contribution in [2.45, 2.75) is 81.6 Å². The lowest BCUT2D eigenvalue weighted by Crippen LogP contribution is -1.66. The molecule has 3 heteroatoms. The van der Waals surface area contributed by atoms with E-state index < -0.39 is 0 Å². The maximum Gasteiger partial charge on any atom is -0.0500 e. The number of hydrogen-bond acceptors (Lipinski definition) is 0. The third kappa shape index (κ3) is 1030. The quantitative estimate of drug-likeness (QED) is 0.527. The number of halogens is 2. The van der Waals surface area contributed by atoms with Crippen LogP contribution in [-0.4, -0.2) is 5.48 Å². The third-order valence-corrected chi connectivity index (χ3v) is 0.500. The first-order valence-electron chi connectivity index (χ1n) is 6.06. The van der Waals surface area contributed by atoms with Gasteiger partial charge in [-0.1, -0.05) is 81.6 Å². The molecule has 0 saturated carbocycles. The summed E-state index contributed by atoms with van der Waals surface area (Å²) in [4.78, 5) is 0. The molecular formula is C13H38FIO. The molecule has 0 aliphatic heterocycles. The van der Waals surface area contributed by atoms with E-state index in [0.29, 0.717) is 0 Å². The average Bonchev–Trinajstić information content (AvgIpc) is 2.08. The van der Waals surface area contributed by atoms with Crippen LogP contribution >= 0.6 is 24.0 Å². The van der Waals surface area contributed by atoms with Crippen molar-refractivity contribution in [3.05, 3.63) is 0 Å². The first kappa shape index (κ1) is 43.8. The van der Waals surface area contributed by atoms with Crippen LogP contribution in [0, 0.1) is 5.92 Å². The lowest BCUT2D eigenvalue weighted by molar-refractivity contribution is 0.737. The largest absolute Gasteiger partial charge is 0.412 e. The molecule has 0 fully saturated rings. The molecule has 0 heterocycles. The molecule has 0 aromatic carbocycles. The Balaban J connectivity index is -0.0000000131. The Kier molecular flexibility index (Phi) is 209. The van der Waals surface area contributed by atoms with Gasteiger partial charge in [0.25, 0.3) is 0 Å². The van der Waals surface area contributed by atoms with Gasteiger partial charge in [0.05, 0.1) is 0 Å². The van der Waals surface area contributed by atoms with E-state index in [1.54, 1.807) is 0 Å². The average molecular weight is 356 g/mol. The Morgan fingerprint density at radius 2 is 0.812 bits per heavy atom. The van der Waals surface area contributed by atoms with Crippen molar-refractivity contribution in [2.24, 2.45) is 5.92 Å². The Morgan fingerprint density at radius 1 is 0.750 bits per heavy atom. The van der Waals surface area contributed by atoms with Crippen LogP contribution in [0.5, 0.6) is 0 Å². The van der Waals surface area contributed by atoms with Gasteiger partial charge >= 0.3 is 0 Å². The van der Waals surface area contributed by atoms with Crippen LogP contribution in [0.3, 0.4) is 0 Å². The van der Waals surface area contributed by atoms with Gasteiger partial charge in [-0.2, -0.15) is 0 Å². The molecule has 1 nitrogen and oxygen atoms in total. The lowest BCUT2D eigenvalue weighted by Gasteiger charge is -1.79. The van der Waals surface area contributed by atoms with Crippen molar-refractivity contribution in [2.75, 3.05) is 0 Å². The molecule has 0 bridgehead atoms. The standard InChI is InChI=1S/2C4H10.C3H8.C2H6.FH.HI.H2O/c1-4(2)3;1-3-4-2;1-3-2;1-2;;;/h4H,1-3H3;3-4H2,1-2H3;3H2,1-2H3;1-2H3;2*1H;1H2. The highest BCUT2D eigenvalue weighted by atomic mass is 127. The Bertz CT molecular complexity index is 40.2. The molecule has 0 spiro atoms. The molecule has 0 atom stereocenters. The van der Waals surface area contributed by atoms with Crippen LogP contribution in [0.1, 0.15) is 81.6 Å². The predicted octanol–water partition coefficient (Wildman–Crippen LogP) is 5.86. The SMILES string of the molecule is CC.CC(C)C.CCC.CCCC.F.I.O. The summed E-state index contributed by atoms with van der Waals surface area (Å²) in [7, 11) is 0. The first-order chi connectivity index (χ1) is 6.06. The van der Waals surface area contributed by atoms with Crippen LogP contribution < -0.4 is 0 Å². The molecule has 0 amide bonds. The van der Waals surface area contributed by atoms with E-state index in [0.717, 1.165) is 5.92 Å². The molecule has 0 aromatic heterocycles. The van der Waals surface area contributed by atoms with Crippen LogP contribution in [0.4, 0.5) is 4.70 Å². The fourth-order valence-electron chi connectivity index (χ4n) is 0. The number of hydrogen-bond donors (Lipinski definition) is 0. The minimum Gasteiger partial charge on any atom is -0.412 e. The normalized spacial score (nSPS) is 5.62. The molecule has 2 N–H and O–H groups in total. The second-order valence-electron chi connectivity index (χ2n) is 3.44. The molecule has 16 heavy (non-hydrogen) atoms. The first-order valence-corrected chi connectivity index (χ1v) is 6.06. The number of rotatable bonds is 1. The minimum absolute atomic E-state index is 0. The zero-order valence-corrected chi connectivity index (χ0v) is 15.3. The zero-order chi connectivity index (χ0) is 11.7. The van der Waals surface area contributed by atoms with E-state index >= 15 is 0 Å². The highest BCUT2D eigenvalue weighted by molar-refractivity contribution is 14.0. The van der Waals surface area contributed by atoms with E-state index in [-0.39, 0.29) is 34.2 Å². The Morgan fingerprint density at radius 3 is 0.812 bits per heavy atom. The van der Waals surface area contributed by atoms with Gasteiger partial charge < -0.3 is 5.48 Å². The molecule has 0 rings (SSSR count). The van der Waals surface area contributed by atoms with E-state index in [4.69, 9.17) is 0 Å². The van der Waals surface area contributed by atoms with Gasteiger partial charge in [-0.25, -0.2) is 0 Å². The van der Waals surface area contributed by atoms with Crippen molar-refractivity contribution in [3.8, 4) is 0 Å². The van der Waals surface area contributed by atoms with Gasteiger partial charge in [0, 0.05) is 0 Å². The van der Waals surface area contributed by atoms with Crippen molar-refractivity contribution in [3.63, 3.8) is 0 Å². The summed E-state index contributed by atoms with van der Waals surface area (Å²) in [6.07, 6.45) is 3.89. The molecule has 0 aromatic rings. The molecule has 0 radical (unpaired) electrons. The second kappa shape index (κ2) is 76.2. The van der Waals surface area contributed by atoms with Crippen LogP contribution in [0.2, 0.25) is 0 Å². The van der Waals surface area contributed by atoms with Gasteiger partial charge in [0.1, 0.15) is 0 Å². The third-order valence-electron chi connectivity index (χ3n) is 0.500. The monoisotopic (exact) mass is 356 g/mol. The fourth-order valence-corrected chi connectivity index (χ4v) is 0. The summed E-state index contributed by atoms with van der Waals surface area (Å²) < 4.78 is 0. The summed E-state index contributed by atoms with van der Waals surface area (Å²) in [6, 6.07) is 0. The Labute approximate surface area is 121 Å². The van der Waals surface area contributed by atoms with Gasteiger partial charge in [-0.15, -0.1) is 24.0 Å². The van der Waals surface area contributed by atoms with E-state index in [1.807, 2.05) is 13.8 Å². The summed E-state index contributed by atoms with van der Waals surface area (Å²) in [6.45, 7) is 19.1. The maximum absolute atomic E-state index is 2.18. The van der Waals surface area contributed by atoms with Crippen LogP contribution in [0.25, 0.3) is 0 Å². The molecule has 0 saturated heterocycles. The van der Waals surface area contributed by atoms with Crippen molar-refractivity contribution in [1.82, 2.24) is 0 Å². The van der Waals surface area contributed by atoms with Crippen LogP contribution in [0.15, 0.2) is 0 Å². The predicted molar refractivity (Wildman–Crippen MR) is 89.9 cm³/mol. The number of unbranched alkanes of at least 4 members (excludes halogenated alkanes) is 1. The molecule has 0 aliphatic rings. The van der Waals surface area contributed by atoms with Gasteiger partial charge in [0.2, 0.25) is 0 Å². The Hall–Kier alpha value is 0.620. The smallest absolute Gasteiger partial charge is 0.0500 e. The van der Waals surface area contributed by atoms with Crippen LogP contribution in [-0.2, 0) is 0 Å². The molecule has 0 aliphatic carbocycles. The summed E-state index contributed by atoms with van der Waals surface area (Å²) in [5, 5.41) is 0. The topological polar surface area (TPSA) is 31.5 Å². The van der Waals surface area contributed by atoms with Gasteiger partial charge in [-0.05, 0) is 5.92 Å². The highest BCUT2D eigenvalue weighted by Crippen LogP contribution is 1.81. The van der Waals surface area contributed by atoms with E-state index in [2.05, 4.69) is 48.5 Å².